The van der Waals surface area contributed by atoms with Crippen molar-refractivity contribution < 1.29 is 5.11 Å². The molecule has 18 heavy (non-hydrogen) atoms. The van der Waals surface area contributed by atoms with Crippen molar-refractivity contribution in [2.24, 2.45) is 11.8 Å². The van der Waals surface area contributed by atoms with E-state index in [2.05, 4.69) is 30.5 Å². The molecule has 0 aliphatic heterocycles. The van der Waals surface area contributed by atoms with Crippen LogP contribution in [0, 0.1) is 11.8 Å². The van der Waals surface area contributed by atoms with Crippen LogP contribution in [0.1, 0.15) is 44.7 Å². The zero-order valence-electron chi connectivity index (χ0n) is 11.5. The highest BCUT2D eigenvalue weighted by atomic mass is 16.3. The molecule has 2 N–H and O–H groups in total. The minimum absolute atomic E-state index is 0.345. The molecule has 1 fully saturated rings. The van der Waals surface area contributed by atoms with Crippen molar-refractivity contribution in [2.75, 3.05) is 13.2 Å². The Bertz CT molecular complexity index is 362. The van der Waals surface area contributed by atoms with E-state index < -0.39 is 0 Å². The summed E-state index contributed by atoms with van der Waals surface area (Å²) in [5.41, 5.74) is 1.24. The zero-order chi connectivity index (χ0) is 13.0. The van der Waals surface area contributed by atoms with Gasteiger partial charge in [0.25, 0.3) is 0 Å². The Kier molecular flexibility index (Phi) is 4.78. The number of aliphatic hydroxyl groups is 1. The highest BCUT2D eigenvalue weighted by Gasteiger charge is 2.25. The molecule has 0 bridgehead atoms. The second-order valence-electron chi connectivity index (χ2n) is 5.69. The van der Waals surface area contributed by atoms with Crippen molar-refractivity contribution in [2.45, 2.75) is 45.7 Å². The molecule has 1 aromatic heterocycles. The van der Waals surface area contributed by atoms with Gasteiger partial charge >= 0.3 is 0 Å². The van der Waals surface area contributed by atoms with Crippen molar-refractivity contribution in [3.63, 3.8) is 0 Å². The molecule has 1 aliphatic carbocycles. The number of nitrogens with one attached hydrogen (secondary N) is 1. The Balaban J connectivity index is 1.74. The van der Waals surface area contributed by atoms with E-state index in [-0.39, 0.29) is 0 Å². The maximum atomic E-state index is 9.28. The Hall–Kier alpha value is -0.870. The van der Waals surface area contributed by atoms with E-state index in [9.17, 15) is 5.11 Å². The molecule has 1 saturated carbocycles. The lowest BCUT2D eigenvalue weighted by molar-refractivity contribution is 0.192. The molecule has 0 saturated heterocycles. The van der Waals surface area contributed by atoms with Gasteiger partial charge in [-0.05, 0) is 45.1 Å². The first-order valence-electron chi connectivity index (χ1n) is 7.05. The standard InChI is InChI=1S/C14H25N3O/c1-11(2)17-9-12(7-16-17)6-15-8-13-4-3-5-14(13)10-18/h7,9,11,13-15,18H,3-6,8,10H2,1-2H3. The van der Waals surface area contributed by atoms with Crippen LogP contribution in [0.4, 0.5) is 0 Å². The average molecular weight is 251 g/mol. The fraction of sp³-hybridized carbons (Fsp3) is 0.786. The second-order valence-corrected chi connectivity index (χ2v) is 5.69. The number of rotatable bonds is 6. The molecule has 1 aliphatic rings. The summed E-state index contributed by atoms with van der Waals surface area (Å²) in [5, 5.41) is 17.1. The van der Waals surface area contributed by atoms with Crippen LogP contribution in [0.3, 0.4) is 0 Å². The fourth-order valence-electron chi connectivity index (χ4n) is 2.78. The van der Waals surface area contributed by atoms with E-state index in [0.717, 1.165) is 13.1 Å². The average Bonchev–Trinajstić information content (AvgIpc) is 2.97. The van der Waals surface area contributed by atoms with Crippen LogP contribution < -0.4 is 5.32 Å². The van der Waals surface area contributed by atoms with Gasteiger partial charge in [0.1, 0.15) is 0 Å². The molecule has 0 aromatic carbocycles. The predicted molar refractivity (Wildman–Crippen MR) is 72.2 cm³/mol. The largest absolute Gasteiger partial charge is 0.396 e. The summed E-state index contributed by atoms with van der Waals surface area (Å²) in [6.07, 6.45) is 7.75. The minimum atomic E-state index is 0.345. The number of aromatic nitrogens is 2. The van der Waals surface area contributed by atoms with Gasteiger partial charge in [-0.3, -0.25) is 4.68 Å². The van der Waals surface area contributed by atoms with Crippen molar-refractivity contribution in [1.82, 2.24) is 15.1 Å². The maximum Gasteiger partial charge on any atom is 0.0534 e. The van der Waals surface area contributed by atoms with E-state index in [4.69, 9.17) is 0 Å². The summed E-state index contributed by atoms with van der Waals surface area (Å²) in [6, 6.07) is 0.423. The molecule has 2 rings (SSSR count). The lowest BCUT2D eigenvalue weighted by Gasteiger charge is -2.17. The van der Waals surface area contributed by atoms with Gasteiger partial charge in [-0.2, -0.15) is 5.10 Å². The van der Waals surface area contributed by atoms with Crippen molar-refractivity contribution >= 4 is 0 Å². The van der Waals surface area contributed by atoms with E-state index in [1.165, 1.54) is 24.8 Å². The van der Waals surface area contributed by atoms with Gasteiger partial charge in [0.05, 0.1) is 6.20 Å². The molecular formula is C14H25N3O. The van der Waals surface area contributed by atoms with Crippen LogP contribution in [0.25, 0.3) is 0 Å². The summed E-state index contributed by atoms with van der Waals surface area (Å²) in [4.78, 5) is 0. The second kappa shape index (κ2) is 6.34. The monoisotopic (exact) mass is 251 g/mol. The third-order valence-electron chi connectivity index (χ3n) is 3.97. The van der Waals surface area contributed by atoms with E-state index >= 15 is 0 Å². The molecule has 1 aromatic rings. The van der Waals surface area contributed by atoms with Crippen molar-refractivity contribution in [3.05, 3.63) is 18.0 Å². The predicted octanol–water partition coefficient (Wildman–Crippen LogP) is 1.96. The van der Waals surface area contributed by atoms with Gasteiger partial charge in [-0.1, -0.05) is 6.42 Å². The topological polar surface area (TPSA) is 50.1 Å². The van der Waals surface area contributed by atoms with E-state index in [1.807, 2.05) is 10.9 Å². The number of hydrogen-bond acceptors (Lipinski definition) is 3. The van der Waals surface area contributed by atoms with Crippen LogP contribution >= 0.6 is 0 Å². The molecule has 0 amide bonds. The lowest BCUT2D eigenvalue weighted by atomic mass is 9.97. The SMILES string of the molecule is CC(C)n1cc(CNCC2CCCC2CO)cn1. The van der Waals surface area contributed by atoms with Crippen molar-refractivity contribution in [3.8, 4) is 0 Å². The minimum Gasteiger partial charge on any atom is -0.396 e. The first kappa shape index (κ1) is 13.6. The highest BCUT2D eigenvalue weighted by molar-refractivity contribution is 5.03. The van der Waals surface area contributed by atoms with Gasteiger partial charge < -0.3 is 10.4 Å². The van der Waals surface area contributed by atoms with Crippen LogP contribution in [0.5, 0.6) is 0 Å². The molecule has 0 spiro atoms. The molecular weight excluding hydrogens is 226 g/mol. The highest BCUT2D eigenvalue weighted by Crippen LogP contribution is 2.30. The molecule has 4 heteroatoms. The number of hydrogen-bond donors (Lipinski definition) is 2. The van der Waals surface area contributed by atoms with Crippen molar-refractivity contribution in [1.29, 1.82) is 0 Å². The molecule has 2 unspecified atom stereocenters. The van der Waals surface area contributed by atoms with Gasteiger partial charge in [0, 0.05) is 31.0 Å². The summed E-state index contributed by atoms with van der Waals surface area (Å²) < 4.78 is 1.99. The first-order chi connectivity index (χ1) is 8.70. The molecule has 102 valence electrons. The summed E-state index contributed by atoms with van der Waals surface area (Å²) in [6.45, 7) is 6.50. The van der Waals surface area contributed by atoms with Crippen LogP contribution in [-0.4, -0.2) is 28.0 Å². The van der Waals surface area contributed by atoms with Gasteiger partial charge in [-0.25, -0.2) is 0 Å². The smallest absolute Gasteiger partial charge is 0.0534 e. The third kappa shape index (κ3) is 3.33. The Morgan fingerprint density at radius 1 is 1.44 bits per heavy atom. The normalized spacial score (nSPS) is 24.0. The first-order valence-corrected chi connectivity index (χ1v) is 7.05. The quantitative estimate of drug-likeness (QED) is 0.812. The van der Waals surface area contributed by atoms with Gasteiger partial charge in [-0.15, -0.1) is 0 Å². The fourth-order valence-corrected chi connectivity index (χ4v) is 2.78. The van der Waals surface area contributed by atoms with Crippen LogP contribution in [0.15, 0.2) is 12.4 Å². The maximum absolute atomic E-state index is 9.28. The lowest BCUT2D eigenvalue weighted by Crippen LogP contribution is -2.26. The Morgan fingerprint density at radius 3 is 2.89 bits per heavy atom. The van der Waals surface area contributed by atoms with Crippen LogP contribution in [-0.2, 0) is 6.54 Å². The zero-order valence-corrected chi connectivity index (χ0v) is 11.5. The Labute approximate surface area is 109 Å². The number of nitrogens with zero attached hydrogens (tertiary/aromatic N) is 2. The van der Waals surface area contributed by atoms with Crippen LogP contribution in [0.2, 0.25) is 0 Å². The van der Waals surface area contributed by atoms with Gasteiger partial charge in [0.15, 0.2) is 0 Å². The molecule has 4 nitrogen and oxygen atoms in total. The summed E-state index contributed by atoms with van der Waals surface area (Å²) in [7, 11) is 0. The molecule has 2 atom stereocenters. The third-order valence-corrected chi connectivity index (χ3v) is 3.97. The summed E-state index contributed by atoms with van der Waals surface area (Å²) in [5.74, 6) is 1.16. The van der Waals surface area contributed by atoms with E-state index in [1.54, 1.807) is 0 Å². The van der Waals surface area contributed by atoms with Gasteiger partial charge in [0.2, 0.25) is 0 Å². The Morgan fingerprint density at radius 2 is 2.22 bits per heavy atom. The molecule has 0 radical (unpaired) electrons. The summed E-state index contributed by atoms with van der Waals surface area (Å²) >= 11 is 0. The number of aliphatic hydroxyl groups excluding tert-OH is 1. The van der Waals surface area contributed by atoms with E-state index in [0.29, 0.717) is 24.5 Å². The molecule has 1 heterocycles.